The number of aromatic nitrogens is 3. The molecule has 9 aromatic carbocycles. The number of benzene rings is 9. The second kappa shape index (κ2) is 13.2. The monoisotopic (exact) mass is 777 g/mol. The third kappa shape index (κ3) is 5.16. The van der Waals surface area contributed by atoms with Crippen molar-refractivity contribution < 1.29 is 4.42 Å². The highest BCUT2D eigenvalue weighted by atomic mass is 16.3. The third-order valence-corrected chi connectivity index (χ3v) is 12.5. The molecule has 13 rings (SSSR count). The summed E-state index contributed by atoms with van der Waals surface area (Å²) in [5.41, 5.74) is 15.5. The van der Waals surface area contributed by atoms with E-state index in [9.17, 15) is 0 Å². The van der Waals surface area contributed by atoms with Crippen molar-refractivity contribution >= 4 is 76.5 Å². The van der Waals surface area contributed by atoms with E-state index in [4.69, 9.17) is 9.40 Å². The van der Waals surface area contributed by atoms with Crippen molar-refractivity contribution in [2.75, 3.05) is 0 Å². The lowest BCUT2D eigenvalue weighted by molar-refractivity contribution is 0.669. The van der Waals surface area contributed by atoms with Crippen LogP contribution in [-0.4, -0.2) is 14.1 Å². The van der Waals surface area contributed by atoms with E-state index >= 15 is 0 Å². The maximum Gasteiger partial charge on any atom is 0.138 e. The Morgan fingerprint density at radius 2 is 0.902 bits per heavy atom. The van der Waals surface area contributed by atoms with Gasteiger partial charge in [0, 0.05) is 43.4 Å². The molecule has 0 saturated heterocycles. The van der Waals surface area contributed by atoms with Crippen LogP contribution in [0.3, 0.4) is 0 Å². The highest BCUT2D eigenvalue weighted by Crippen LogP contribution is 2.42. The van der Waals surface area contributed by atoms with Gasteiger partial charge in [-0.05, 0) is 112 Å². The maximum absolute atomic E-state index is 6.56. The van der Waals surface area contributed by atoms with Gasteiger partial charge in [0.2, 0.25) is 0 Å². The van der Waals surface area contributed by atoms with Crippen molar-refractivity contribution in [2.45, 2.75) is 0 Å². The van der Waals surface area contributed by atoms with Crippen molar-refractivity contribution in [3.8, 4) is 44.9 Å². The van der Waals surface area contributed by atoms with Gasteiger partial charge >= 0.3 is 0 Å². The number of fused-ring (bicyclic) bond motifs is 10. The Balaban J connectivity index is 0.969. The molecule has 0 aliphatic rings. The standard InChI is InChI=1S/C57H35N3O/c1-3-14-36(15-4-1)45-35-56(58-49-22-10-7-18-42(45)49)60-51-24-12-9-20-44(51)46-32-37(26-29-53(46)60)38-28-31-54-48(33-38)57-41(21-13-25-55(57)61-54)39-27-30-52-47(34-39)43-19-8-11-23-50(43)59(52)40-16-5-2-6-17-40/h1-35H. The molecule has 0 saturated carbocycles. The van der Waals surface area contributed by atoms with Crippen LogP contribution in [0.15, 0.2) is 217 Å². The summed E-state index contributed by atoms with van der Waals surface area (Å²) in [5, 5.41) is 8.21. The van der Waals surface area contributed by atoms with Gasteiger partial charge in [-0.15, -0.1) is 0 Å². The molecule has 0 amide bonds. The Bertz CT molecular complexity index is 3870. The van der Waals surface area contributed by atoms with Crippen molar-refractivity contribution in [1.29, 1.82) is 0 Å². The molecule has 0 aliphatic heterocycles. The largest absolute Gasteiger partial charge is 0.456 e. The van der Waals surface area contributed by atoms with E-state index in [2.05, 4.69) is 221 Å². The molecule has 0 bridgehead atoms. The van der Waals surface area contributed by atoms with Gasteiger partial charge in [0.05, 0.1) is 27.6 Å². The molecule has 0 unspecified atom stereocenters. The Labute approximate surface area is 350 Å². The average Bonchev–Trinajstić information content (AvgIpc) is 3.99. The molecule has 4 aromatic heterocycles. The summed E-state index contributed by atoms with van der Waals surface area (Å²) in [6.07, 6.45) is 0. The molecule has 0 N–H and O–H groups in total. The molecular weight excluding hydrogens is 743 g/mol. The van der Waals surface area contributed by atoms with Gasteiger partial charge in [-0.3, -0.25) is 4.57 Å². The first-order valence-electron chi connectivity index (χ1n) is 20.8. The summed E-state index contributed by atoms with van der Waals surface area (Å²) in [4.78, 5) is 5.27. The fourth-order valence-corrected chi connectivity index (χ4v) is 9.77. The molecular formula is C57H35N3O. The van der Waals surface area contributed by atoms with E-state index in [0.29, 0.717) is 0 Å². The second-order valence-corrected chi connectivity index (χ2v) is 15.9. The predicted molar refractivity (Wildman–Crippen MR) is 254 cm³/mol. The van der Waals surface area contributed by atoms with Crippen LogP contribution in [0.1, 0.15) is 0 Å². The normalized spacial score (nSPS) is 11.9. The first kappa shape index (κ1) is 33.7. The fourth-order valence-electron chi connectivity index (χ4n) is 9.77. The van der Waals surface area contributed by atoms with Gasteiger partial charge in [0.25, 0.3) is 0 Å². The Morgan fingerprint density at radius 3 is 1.67 bits per heavy atom. The summed E-state index contributed by atoms with van der Waals surface area (Å²) >= 11 is 0. The van der Waals surface area contributed by atoms with Crippen LogP contribution < -0.4 is 0 Å². The van der Waals surface area contributed by atoms with Crippen LogP contribution in [0.25, 0.3) is 121 Å². The van der Waals surface area contributed by atoms with Gasteiger partial charge in [-0.25, -0.2) is 4.98 Å². The zero-order valence-corrected chi connectivity index (χ0v) is 33.0. The quantitative estimate of drug-likeness (QED) is 0.174. The van der Waals surface area contributed by atoms with Gasteiger partial charge in [-0.1, -0.05) is 133 Å². The van der Waals surface area contributed by atoms with Crippen LogP contribution in [0.5, 0.6) is 0 Å². The summed E-state index contributed by atoms with van der Waals surface area (Å²) in [7, 11) is 0. The molecule has 13 aromatic rings. The number of furan rings is 1. The van der Waals surface area contributed by atoms with E-state index in [-0.39, 0.29) is 0 Å². The Morgan fingerprint density at radius 1 is 0.328 bits per heavy atom. The predicted octanol–water partition coefficient (Wildman–Crippen LogP) is 15.3. The minimum atomic E-state index is 0.877. The van der Waals surface area contributed by atoms with Crippen molar-refractivity contribution in [2.24, 2.45) is 0 Å². The van der Waals surface area contributed by atoms with E-state index < -0.39 is 0 Å². The Hall–Kier alpha value is -8.21. The van der Waals surface area contributed by atoms with E-state index in [1.807, 2.05) is 0 Å². The van der Waals surface area contributed by atoms with E-state index in [0.717, 1.165) is 77.6 Å². The lowest BCUT2D eigenvalue weighted by Crippen LogP contribution is -1.99. The van der Waals surface area contributed by atoms with Gasteiger partial charge in [-0.2, -0.15) is 0 Å². The van der Waals surface area contributed by atoms with Crippen molar-refractivity contribution in [3.05, 3.63) is 212 Å². The molecule has 0 atom stereocenters. The molecule has 61 heavy (non-hydrogen) atoms. The van der Waals surface area contributed by atoms with Crippen LogP contribution in [-0.2, 0) is 0 Å². The van der Waals surface area contributed by atoms with E-state index in [1.165, 1.54) is 43.7 Å². The number of pyridine rings is 1. The Kier molecular flexibility index (Phi) is 7.27. The number of hydrogen-bond acceptors (Lipinski definition) is 2. The minimum absolute atomic E-state index is 0.877. The summed E-state index contributed by atoms with van der Waals surface area (Å²) < 4.78 is 11.2. The lowest BCUT2D eigenvalue weighted by Gasteiger charge is -2.13. The van der Waals surface area contributed by atoms with E-state index in [1.54, 1.807) is 0 Å². The highest BCUT2D eigenvalue weighted by Gasteiger charge is 2.19. The minimum Gasteiger partial charge on any atom is -0.456 e. The van der Waals surface area contributed by atoms with Crippen LogP contribution in [0.4, 0.5) is 0 Å². The van der Waals surface area contributed by atoms with Gasteiger partial charge < -0.3 is 8.98 Å². The summed E-state index contributed by atoms with van der Waals surface area (Å²) in [5.74, 6) is 0.901. The van der Waals surface area contributed by atoms with Crippen LogP contribution in [0, 0.1) is 0 Å². The highest BCUT2D eigenvalue weighted by molar-refractivity contribution is 6.16. The molecule has 0 aliphatic carbocycles. The topological polar surface area (TPSA) is 35.9 Å². The third-order valence-electron chi connectivity index (χ3n) is 12.5. The molecule has 0 spiro atoms. The van der Waals surface area contributed by atoms with Crippen LogP contribution in [0.2, 0.25) is 0 Å². The average molecular weight is 778 g/mol. The molecule has 0 radical (unpaired) electrons. The molecule has 4 heteroatoms. The first-order valence-corrected chi connectivity index (χ1v) is 20.8. The first-order chi connectivity index (χ1) is 30.2. The van der Waals surface area contributed by atoms with Crippen molar-refractivity contribution in [3.63, 3.8) is 0 Å². The smallest absolute Gasteiger partial charge is 0.138 e. The molecule has 0 fully saturated rings. The second-order valence-electron chi connectivity index (χ2n) is 15.9. The fraction of sp³-hybridized carbons (Fsp3) is 0. The molecule has 4 heterocycles. The lowest BCUT2D eigenvalue weighted by atomic mass is 9.96. The summed E-state index contributed by atoms with van der Waals surface area (Å²) in [6, 6.07) is 76.1. The SMILES string of the molecule is c1ccc(-c2cc(-n3c4ccccc4c4cc(-c5ccc6oc7cccc(-c8ccc9c(c8)c8ccccc8n9-c8ccccc8)c7c6c5)ccc43)nc3ccccc23)cc1. The zero-order valence-electron chi connectivity index (χ0n) is 33.0. The number of rotatable bonds is 5. The summed E-state index contributed by atoms with van der Waals surface area (Å²) in [6.45, 7) is 0. The molecule has 284 valence electrons. The number of hydrogen-bond donors (Lipinski definition) is 0. The maximum atomic E-state index is 6.56. The van der Waals surface area contributed by atoms with Crippen molar-refractivity contribution in [1.82, 2.24) is 14.1 Å². The zero-order chi connectivity index (χ0) is 40.0. The van der Waals surface area contributed by atoms with Gasteiger partial charge in [0.15, 0.2) is 0 Å². The van der Waals surface area contributed by atoms with Crippen LogP contribution >= 0.6 is 0 Å². The number of para-hydroxylation sites is 4. The van der Waals surface area contributed by atoms with Gasteiger partial charge in [0.1, 0.15) is 17.0 Å². The number of nitrogens with zero attached hydrogens (tertiary/aromatic N) is 3. The molecule has 4 nitrogen and oxygen atoms in total.